The molecule has 0 fully saturated rings. The van der Waals surface area contributed by atoms with E-state index in [2.05, 4.69) is 5.32 Å². The summed E-state index contributed by atoms with van der Waals surface area (Å²) in [4.78, 5) is 12.4. The van der Waals surface area contributed by atoms with Gasteiger partial charge in [-0.25, -0.2) is 4.39 Å². The quantitative estimate of drug-likeness (QED) is 0.801. The summed E-state index contributed by atoms with van der Waals surface area (Å²) in [5, 5.41) is 2.87. The zero-order valence-corrected chi connectivity index (χ0v) is 12.5. The standard InChI is InChI=1S/C17H17FN2O2/c1-11(2)19-17(21)15-9-16-14(6-7-22-16)20(15)10-12-4-3-5-13(18)8-12/h3-9,11H,10H2,1-2H3,(H,19,21). The SMILES string of the molecule is CC(C)NC(=O)c1cc2occc2n1Cc1cccc(F)c1. The summed E-state index contributed by atoms with van der Waals surface area (Å²) in [5.41, 5.74) is 2.76. The maximum absolute atomic E-state index is 13.4. The fraction of sp³-hybridized carbons (Fsp3) is 0.235. The average molecular weight is 300 g/mol. The van der Waals surface area contributed by atoms with Crippen LogP contribution in [0.3, 0.4) is 0 Å². The number of aromatic nitrogens is 1. The van der Waals surface area contributed by atoms with Crippen LogP contribution in [0.2, 0.25) is 0 Å². The van der Waals surface area contributed by atoms with Gasteiger partial charge in [-0.2, -0.15) is 0 Å². The third-order valence-corrected chi connectivity index (χ3v) is 3.40. The van der Waals surface area contributed by atoms with E-state index in [4.69, 9.17) is 4.42 Å². The second-order valence-corrected chi connectivity index (χ2v) is 5.54. The number of hydrogen-bond donors (Lipinski definition) is 1. The molecule has 0 bridgehead atoms. The van der Waals surface area contributed by atoms with Gasteiger partial charge in [0.1, 0.15) is 11.5 Å². The highest BCUT2D eigenvalue weighted by Gasteiger charge is 2.18. The molecule has 22 heavy (non-hydrogen) atoms. The molecule has 2 heterocycles. The van der Waals surface area contributed by atoms with Gasteiger partial charge in [-0.15, -0.1) is 0 Å². The minimum atomic E-state index is -0.290. The molecule has 114 valence electrons. The van der Waals surface area contributed by atoms with Gasteiger partial charge in [0.15, 0.2) is 5.58 Å². The second-order valence-electron chi connectivity index (χ2n) is 5.54. The fourth-order valence-electron chi connectivity index (χ4n) is 2.49. The Hall–Kier alpha value is -2.56. The number of carbonyl (C=O) groups is 1. The molecule has 0 saturated heterocycles. The lowest BCUT2D eigenvalue weighted by Gasteiger charge is -2.12. The van der Waals surface area contributed by atoms with E-state index in [-0.39, 0.29) is 17.8 Å². The van der Waals surface area contributed by atoms with Gasteiger partial charge in [0.05, 0.1) is 11.8 Å². The van der Waals surface area contributed by atoms with Crippen molar-refractivity contribution < 1.29 is 13.6 Å². The van der Waals surface area contributed by atoms with Gasteiger partial charge in [0, 0.05) is 24.7 Å². The van der Waals surface area contributed by atoms with Gasteiger partial charge in [-0.05, 0) is 31.5 Å². The molecule has 3 rings (SSSR count). The lowest BCUT2D eigenvalue weighted by Crippen LogP contribution is -2.31. The van der Waals surface area contributed by atoms with E-state index in [1.165, 1.54) is 12.1 Å². The summed E-state index contributed by atoms with van der Waals surface area (Å²) in [7, 11) is 0. The van der Waals surface area contributed by atoms with Crippen LogP contribution in [-0.2, 0) is 6.54 Å². The van der Waals surface area contributed by atoms with Crippen molar-refractivity contribution in [2.45, 2.75) is 26.4 Å². The molecule has 5 heteroatoms. The highest BCUT2D eigenvalue weighted by atomic mass is 19.1. The van der Waals surface area contributed by atoms with E-state index in [9.17, 15) is 9.18 Å². The molecule has 0 aliphatic carbocycles. The maximum atomic E-state index is 13.4. The molecule has 0 saturated carbocycles. The summed E-state index contributed by atoms with van der Waals surface area (Å²) < 4.78 is 20.6. The van der Waals surface area contributed by atoms with Gasteiger partial charge in [-0.1, -0.05) is 12.1 Å². The van der Waals surface area contributed by atoms with Crippen LogP contribution in [0.4, 0.5) is 4.39 Å². The first kappa shape index (κ1) is 14.4. The Morgan fingerprint density at radius 2 is 2.14 bits per heavy atom. The van der Waals surface area contributed by atoms with E-state index < -0.39 is 0 Å². The Kier molecular flexibility index (Phi) is 3.71. The van der Waals surface area contributed by atoms with Crippen molar-refractivity contribution in [3.05, 3.63) is 59.7 Å². The van der Waals surface area contributed by atoms with E-state index in [0.29, 0.717) is 17.8 Å². The first-order valence-electron chi connectivity index (χ1n) is 7.16. The van der Waals surface area contributed by atoms with Crippen molar-refractivity contribution in [1.82, 2.24) is 9.88 Å². The van der Waals surface area contributed by atoms with Gasteiger partial charge < -0.3 is 14.3 Å². The number of halogens is 1. The summed E-state index contributed by atoms with van der Waals surface area (Å²) in [5.74, 6) is -0.459. The lowest BCUT2D eigenvalue weighted by molar-refractivity contribution is 0.0934. The van der Waals surface area contributed by atoms with Gasteiger partial charge in [-0.3, -0.25) is 4.79 Å². The zero-order chi connectivity index (χ0) is 15.7. The number of amides is 1. The van der Waals surface area contributed by atoms with Crippen molar-refractivity contribution in [2.24, 2.45) is 0 Å². The van der Waals surface area contributed by atoms with Crippen molar-refractivity contribution >= 4 is 17.0 Å². The number of nitrogens with one attached hydrogen (secondary N) is 1. The molecule has 0 aliphatic heterocycles. The molecule has 0 aliphatic rings. The Morgan fingerprint density at radius 3 is 2.86 bits per heavy atom. The highest BCUT2D eigenvalue weighted by molar-refractivity contribution is 5.97. The molecular weight excluding hydrogens is 283 g/mol. The third kappa shape index (κ3) is 2.74. The van der Waals surface area contributed by atoms with E-state index in [0.717, 1.165) is 11.1 Å². The van der Waals surface area contributed by atoms with Gasteiger partial charge in [0.2, 0.25) is 0 Å². The molecule has 0 spiro atoms. The molecule has 1 aromatic carbocycles. The van der Waals surface area contributed by atoms with E-state index in [1.54, 1.807) is 24.5 Å². The number of carbonyl (C=O) groups excluding carboxylic acids is 1. The fourth-order valence-corrected chi connectivity index (χ4v) is 2.49. The molecule has 1 amide bonds. The minimum absolute atomic E-state index is 0.0383. The number of furan rings is 1. The van der Waals surface area contributed by atoms with Crippen molar-refractivity contribution in [2.75, 3.05) is 0 Å². The Balaban J connectivity index is 2.02. The maximum Gasteiger partial charge on any atom is 0.268 e. The van der Waals surface area contributed by atoms with Crippen LogP contribution in [-0.4, -0.2) is 16.5 Å². The van der Waals surface area contributed by atoms with Gasteiger partial charge >= 0.3 is 0 Å². The normalized spacial score (nSPS) is 11.3. The van der Waals surface area contributed by atoms with Crippen LogP contribution in [0.5, 0.6) is 0 Å². The zero-order valence-electron chi connectivity index (χ0n) is 12.5. The molecule has 2 aromatic heterocycles. The first-order chi connectivity index (χ1) is 10.5. The molecule has 0 atom stereocenters. The van der Waals surface area contributed by atoms with Crippen LogP contribution in [0.1, 0.15) is 29.9 Å². The predicted molar refractivity (Wildman–Crippen MR) is 82.3 cm³/mol. The summed E-state index contributed by atoms with van der Waals surface area (Å²) in [6, 6.07) is 9.92. The van der Waals surface area contributed by atoms with Crippen molar-refractivity contribution in [1.29, 1.82) is 0 Å². The minimum Gasteiger partial charge on any atom is -0.463 e. The molecule has 1 N–H and O–H groups in total. The molecule has 4 nitrogen and oxygen atoms in total. The predicted octanol–water partition coefficient (Wildman–Crippen LogP) is 3.56. The largest absolute Gasteiger partial charge is 0.463 e. The number of hydrogen-bond acceptors (Lipinski definition) is 2. The number of rotatable bonds is 4. The number of benzene rings is 1. The molecule has 3 aromatic rings. The van der Waals surface area contributed by atoms with Gasteiger partial charge in [0.25, 0.3) is 5.91 Å². The van der Waals surface area contributed by atoms with E-state index in [1.807, 2.05) is 24.5 Å². The second kappa shape index (κ2) is 5.67. The molecular formula is C17H17FN2O2. The summed E-state index contributed by atoms with van der Waals surface area (Å²) >= 11 is 0. The first-order valence-corrected chi connectivity index (χ1v) is 7.16. The van der Waals surface area contributed by atoms with Crippen LogP contribution >= 0.6 is 0 Å². The summed E-state index contributed by atoms with van der Waals surface area (Å²) in [6.45, 7) is 4.21. The Bertz CT molecular complexity index is 817. The highest BCUT2D eigenvalue weighted by Crippen LogP contribution is 2.22. The topological polar surface area (TPSA) is 47.2 Å². The Morgan fingerprint density at radius 1 is 1.32 bits per heavy atom. The smallest absolute Gasteiger partial charge is 0.268 e. The molecule has 0 radical (unpaired) electrons. The van der Waals surface area contributed by atoms with Crippen molar-refractivity contribution in [3.63, 3.8) is 0 Å². The monoisotopic (exact) mass is 300 g/mol. The van der Waals surface area contributed by atoms with Crippen LogP contribution in [0, 0.1) is 5.82 Å². The number of nitrogens with zero attached hydrogens (tertiary/aromatic N) is 1. The van der Waals surface area contributed by atoms with Crippen LogP contribution in [0.25, 0.3) is 11.1 Å². The van der Waals surface area contributed by atoms with Crippen LogP contribution in [0.15, 0.2) is 47.1 Å². The van der Waals surface area contributed by atoms with Crippen LogP contribution < -0.4 is 5.32 Å². The molecule has 0 unspecified atom stereocenters. The lowest BCUT2D eigenvalue weighted by atomic mass is 10.2. The van der Waals surface area contributed by atoms with E-state index >= 15 is 0 Å². The number of fused-ring (bicyclic) bond motifs is 1. The third-order valence-electron chi connectivity index (χ3n) is 3.40. The average Bonchev–Trinajstić information content (AvgIpc) is 3.01. The van der Waals surface area contributed by atoms with Crippen molar-refractivity contribution in [3.8, 4) is 0 Å². The summed E-state index contributed by atoms with van der Waals surface area (Å²) in [6.07, 6.45) is 1.58. The Labute approximate surface area is 127 Å².